The van der Waals surface area contributed by atoms with Crippen molar-refractivity contribution in [3.05, 3.63) is 68.4 Å². The van der Waals surface area contributed by atoms with Crippen LogP contribution in [0.25, 0.3) is 20.9 Å². The third-order valence-electron chi connectivity index (χ3n) is 3.18. The highest BCUT2D eigenvalue weighted by atomic mass is 32.2. The van der Waals surface area contributed by atoms with Crippen molar-refractivity contribution >= 4 is 33.5 Å². The van der Waals surface area contributed by atoms with Gasteiger partial charge in [-0.2, -0.15) is 0 Å². The summed E-state index contributed by atoms with van der Waals surface area (Å²) in [6.45, 7) is 0. The Labute approximate surface area is 146 Å². The highest BCUT2D eigenvalue weighted by molar-refractivity contribution is 7.79. The second kappa shape index (κ2) is 8.40. The third-order valence-corrected chi connectivity index (χ3v) is 4.46. The summed E-state index contributed by atoms with van der Waals surface area (Å²) in [6.07, 6.45) is 0.139. The molecule has 0 aliphatic heterocycles. The second-order valence-corrected chi connectivity index (χ2v) is 6.49. The summed E-state index contributed by atoms with van der Waals surface area (Å²) >= 11 is -4.96. The van der Waals surface area contributed by atoms with Crippen LogP contribution in [0.15, 0.2) is 56.4 Å². The maximum atomic E-state index is 11.0. The Balaban J connectivity index is 2.52. The van der Waals surface area contributed by atoms with Gasteiger partial charge in [0.1, 0.15) is 0 Å². The number of nitrogens with zero attached hydrogens (tertiary/aromatic N) is 6. The zero-order valence-corrected chi connectivity index (χ0v) is 13.9. The predicted octanol–water partition coefficient (Wildman–Crippen LogP) is 3.64. The first-order valence-corrected chi connectivity index (χ1v) is 8.66. The van der Waals surface area contributed by atoms with Gasteiger partial charge >= 0.3 is 0 Å². The number of benzene rings is 2. The Bertz CT molecular complexity index is 889. The molecule has 2 rings (SSSR count). The van der Waals surface area contributed by atoms with E-state index in [4.69, 9.17) is 11.1 Å². The highest BCUT2D eigenvalue weighted by Gasteiger charge is 2.09. The van der Waals surface area contributed by atoms with Crippen molar-refractivity contribution in [2.24, 2.45) is 10.2 Å². The fraction of sp³-hybridized carbons (Fsp3) is 0.0769. The molecule has 12 heteroatoms. The zero-order chi connectivity index (χ0) is 18.4. The van der Waals surface area contributed by atoms with Gasteiger partial charge in [0.2, 0.25) is 0 Å². The molecular weight excluding hydrogens is 368 g/mol. The first-order chi connectivity index (χ1) is 12.0. The summed E-state index contributed by atoms with van der Waals surface area (Å²) in [5.74, 6) is 0. The van der Waals surface area contributed by atoms with E-state index in [2.05, 4.69) is 20.1 Å². The molecule has 2 aromatic carbocycles. The molecule has 25 heavy (non-hydrogen) atoms. The summed E-state index contributed by atoms with van der Waals surface area (Å²) in [5.41, 5.74) is 18.5. The molecule has 0 spiro atoms. The molecule has 2 aromatic rings. The number of rotatable bonds is 6. The molecule has 0 amide bonds. The summed E-state index contributed by atoms with van der Waals surface area (Å²) < 4.78 is 44.1. The minimum atomic E-state index is -2.48. The van der Waals surface area contributed by atoms with Gasteiger partial charge < -0.3 is 9.11 Å². The van der Waals surface area contributed by atoms with E-state index in [-0.39, 0.29) is 27.6 Å². The first kappa shape index (κ1) is 18.6. The van der Waals surface area contributed by atoms with Crippen LogP contribution < -0.4 is 0 Å². The van der Waals surface area contributed by atoms with Crippen LogP contribution in [0.5, 0.6) is 0 Å². The smallest absolute Gasteiger partial charge is 0.0422 e. The molecule has 0 saturated carbocycles. The minimum absolute atomic E-state index is 0.0430. The van der Waals surface area contributed by atoms with E-state index in [1.54, 1.807) is 0 Å². The van der Waals surface area contributed by atoms with Crippen LogP contribution in [0.3, 0.4) is 0 Å². The molecule has 0 heterocycles. The molecule has 10 nitrogen and oxygen atoms in total. The Morgan fingerprint density at radius 1 is 0.840 bits per heavy atom. The highest BCUT2D eigenvalue weighted by Crippen LogP contribution is 2.30. The Morgan fingerprint density at radius 3 is 1.56 bits per heavy atom. The molecule has 0 N–H and O–H groups in total. The van der Waals surface area contributed by atoms with E-state index in [0.29, 0.717) is 11.1 Å². The van der Waals surface area contributed by atoms with Crippen molar-refractivity contribution in [3.63, 3.8) is 0 Å². The fourth-order valence-corrected chi connectivity index (χ4v) is 2.86. The lowest BCUT2D eigenvalue weighted by Gasteiger charge is -2.13. The summed E-state index contributed by atoms with van der Waals surface area (Å²) in [4.78, 5) is 5.24. The van der Waals surface area contributed by atoms with Crippen molar-refractivity contribution in [1.82, 2.24) is 0 Å². The van der Waals surface area contributed by atoms with E-state index >= 15 is 0 Å². The summed E-state index contributed by atoms with van der Waals surface area (Å²) in [6, 6.07) is 8.04. The number of hydrogen-bond donors (Lipinski definition) is 0. The zero-order valence-electron chi connectivity index (χ0n) is 12.3. The number of azide groups is 2. The van der Waals surface area contributed by atoms with Gasteiger partial charge in [-0.1, -0.05) is 22.4 Å². The van der Waals surface area contributed by atoms with Crippen molar-refractivity contribution < 1.29 is 17.5 Å². The molecule has 0 saturated heterocycles. The van der Waals surface area contributed by atoms with Gasteiger partial charge in [0.05, 0.1) is 0 Å². The summed E-state index contributed by atoms with van der Waals surface area (Å²) in [7, 11) is 0. The van der Waals surface area contributed by atoms with Gasteiger partial charge in [-0.25, -0.2) is 0 Å². The second-order valence-electron chi connectivity index (χ2n) is 4.61. The van der Waals surface area contributed by atoms with E-state index in [1.807, 2.05) is 0 Å². The maximum absolute atomic E-state index is 11.0. The van der Waals surface area contributed by atoms with Gasteiger partial charge in [0.15, 0.2) is 0 Å². The quantitative estimate of drug-likeness (QED) is 0.323. The lowest BCUT2D eigenvalue weighted by Crippen LogP contribution is -1.95. The Kier molecular flexibility index (Phi) is 6.25. The third kappa shape index (κ3) is 4.64. The van der Waals surface area contributed by atoms with Crippen LogP contribution in [0.2, 0.25) is 0 Å². The SMILES string of the molecule is [N-]=[N+]=Nc1cc(S(=O)[O-])ccc1Cc1ccc(S(=O)[O-])cc1N=[N+]=[N-]. The molecule has 0 radical (unpaired) electrons. The van der Waals surface area contributed by atoms with E-state index in [0.717, 1.165) is 0 Å². The van der Waals surface area contributed by atoms with Crippen LogP contribution in [-0.4, -0.2) is 17.5 Å². The first-order valence-electron chi connectivity index (χ1n) is 6.51. The van der Waals surface area contributed by atoms with Gasteiger partial charge in [-0.15, -0.1) is 0 Å². The normalized spacial score (nSPS) is 12.6. The molecule has 0 aromatic heterocycles. The summed E-state index contributed by atoms with van der Waals surface area (Å²) in [5, 5.41) is 6.94. The molecule has 0 aliphatic rings. The lowest BCUT2D eigenvalue weighted by molar-refractivity contribution is 0.535. The average Bonchev–Trinajstić information content (AvgIpc) is 2.58. The molecule has 128 valence electrons. The van der Waals surface area contributed by atoms with Crippen LogP contribution in [0.4, 0.5) is 11.4 Å². The largest absolute Gasteiger partial charge is 0.768 e. The van der Waals surface area contributed by atoms with E-state index in [9.17, 15) is 17.5 Å². The molecule has 2 unspecified atom stereocenters. The van der Waals surface area contributed by atoms with Crippen molar-refractivity contribution in [3.8, 4) is 0 Å². The molecule has 0 fully saturated rings. The van der Waals surface area contributed by atoms with Crippen molar-refractivity contribution in [1.29, 1.82) is 0 Å². The fourth-order valence-electron chi connectivity index (χ4n) is 2.08. The molecule has 0 bridgehead atoms. The van der Waals surface area contributed by atoms with Crippen LogP contribution >= 0.6 is 0 Å². The van der Waals surface area contributed by atoms with Crippen LogP contribution in [0.1, 0.15) is 11.1 Å². The Hall–Kier alpha value is -2.72. The van der Waals surface area contributed by atoms with Gasteiger partial charge in [0, 0.05) is 31.0 Å². The maximum Gasteiger partial charge on any atom is 0.0422 e. The lowest BCUT2D eigenvalue weighted by atomic mass is 10.0. The van der Waals surface area contributed by atoms with E-state index < -0.39 is 22.2 Å². The molecule has 0 aliphatic carbocycles. The Morgan fingerprint density at radius 2 is 1.24 bits per heavy atom. The molecular formula is C13H8N6O4S2-2. The molecule has 2 atom stereocenters. The van der Waals surface area contributed by atoms with Gasteiger partial charge in [-0.3, -0.25) is 8.42 Å². The van der Waals surface area contributed by atoms with Gasteiger partial charge in [-0.05, 0) is 75.0 Å². The number of hydrogen-bond acceptors (Lipinski definition) is 6. The minimum Gasteiger partial charge on any atom is -0.768 e. The van der Waals surface area contributed by atoms with Gasteiger partial charge in [0.25, 0.3) is 0 Å². The van der Waals surface area contributed by atoms with Crippen LogP contribution in [0, 0.1) is 0 Å². The van der Waals surface area contributed by atoms with Crippen molar-refractivity contribution in [2.45, 2.75) is 16.2 Å². The average molecular weight is 376 g/mol. The topological polar surface area (TPSA) is 178 Å². The van der Waals surface area contributed by atoms with Crippen LogP contribution in [-0.2, 0) is 28.6 Å². The standard InChI is InChI=1S/C13H10N6O4S2/c14-18-16-12-6-10(24(20)21)3-1-8(12)5-9-2-4-11(25(22)23)7-13(9)17-19-15/h1-4,6-7H,5H2,(H,20,21)(H,22,23)/p-2. The van der Waals surface area contributed by atoms with Crippen molar-refractivity contribution in [2.75, 3.05) is 0 Å². The monoisotopic (exact) mass is 376 g/mol. The predicted molar refractivity (Wildman–Crippen MR) is 87.7 cm³/mol. The van der Waals surface area contributed by atoms with E-state index in [1.165, 1.54) is 36.4 Å².